The van der Waals surface area contributed by atoms with Crippen LogP contribution in [0.15, 0.2) is 24.5 Å². The number of pyridine rings is 1. The van der Waals surface area contributed by atoms with Crippen LogP contribution in [0.2, 0.25) is 0 Å². The molecule has 0 radical (unpaired) electrons. The Morgan fingerprint density at radius 3 is 2.86 bits per heavy atom. The van der Waals surface area contributed by atoms with E-state index in [2.05, 4.69) is 17.1 Å². The lowest BCUT2D eigenvalue weighted by atomic mass is 10.3. The molecule has 5 heteroatoms. The topological polar surface area (TPSA) is 54.2 Å². The molecule has 0 fully saturated rings. The highest BCUT2D eigenvalue weighted by molar-refractivity contribution is 5.93. The molecular formula is C9H12N3O2+. The SMILES string of the molecule is C=[N+](NC(=O)c1ccncc1)OCC. The largest absolute Gasteiger partial charge is 0.309 e. The van der Waals surface area contributed by atoms with Gasteiger partial charge in [-0.05, 0) is 19.1 Å². The summed E-state index contributed by atoms with van der Waals surface area (Å²) in [6, 6.07) is 3.21. The van der Waals surface area contributed by atoms with Gasteiger partial charge in [0.05, 0.1) is 4.85 Å². The van der Waals surface area contributed by atoms with Crippen LogP contribution >= 0.6 is 0 Å². The summed E-state index contributed by atoms with van der Waals surface area (Å²) in [7, 11) is 0. The van der Waals surface area contributed by atoms with Crippen molar-refractivity contribution in [3.8, 4) is 0 Å². The lowest BCUT2D eigenvalue weighted by Crippen LogP contribution is -2.33. The summed E-state index contributed by atoms with van der Waals surface area (Å²) < 4.78 is 0. The van der Waals surface area contributed by atoms with E-state index in [0.717, 1.165) is 4.85 Å². The average molecular weight is 194 g/mol. The highest BCUT2D eigenvalue weighted by atomic mass is 16.7. The number of carbonyl (C=O) groups is 1. The maximum absolute atomic E-state index is 11.4. The summed E-state index contributed by atoms with van der Waals surface area (Å²) >= 11 is 0. The second kappa shape index (κ2) is 4.96. The van der Waals surface area contributed by atoms with Crippen molar-refractivity contribution in [1.82, 2.24) is 10.4 Å². The molecule has 0 atom stereocenters. The minimum Gasteiger partial charge on any atom is -0.265 e. The number of hydrazine groups is 1. The van der Waals surface area contributed by atoms with Gasteiger partial charge >= 0.3 is 5.91 Å². The van der Waals surface area contributed by atoms with Crippen LogP contribution in [0.5, 0.6) is 0 Å². The van der Waals surface area contributed by atoms with Gasteiger partial charge in [0, 0.05) is 18.0 Å². The van der Waals surface area contributed by atoms with Gasteiger partial charge in [-0.1, -0.05) is 5.43 Å². The fraction of sp³-hybridized carbons (Fsp3) is 0.222. The number of hydrazone groups is 1. The Labute approximate surface area is 82.0 Å². The van der Waals surface area contributed by atoms with Gasteiger partial charge in [-0.15, -0.1) is 0 Å². The van der Waals surface area contributed by atoms with Gasteiger partial charge in [0.25, 0.3) is 0 Å². The monoisotopic (exact) mass is 194 g/mol. The number of amides is 1. The third kappa shape index (κ3) is 2.85. The van der Waals surface area contributed by atoms with Crippen LogP contribution in [-0.2, 0) is 4.84 Å². The molecule has 0 aliphatic rings. The average Bonchev–Trinajstić information content (AvgIpc) is 2.19. The quantitative estimate of drug-likeness (QED) is 0.428. The Morgan fingerprint density at radius 1 is 1.64 bits per heavy atom. The Morgan fingerprint density at radius 2 is 2.29 bits per heavy atom. The number of nitrogens with zero attached hydrogens (tertiary/aromatic N) is 2. The molecule has 1 amide bonds. The van der Waals surface area contributed by atoms with Crippen molar-refractivity contribution in [2.24, 2.45) is 0 Å². The van der Waals surface area contributed by atoms with Crippen LogP contribution in [0.4, 0.5) is 0 Å². The van der Waals surface area contributed by atoms with Crippen LogP contribution in [-0.4, -0.2) is 29.1 Å². The summed E-state index contributed by atoms with van der Waals surface area (Å²) in [5.41, 5.74) is 2.94. The first kappa shape index (κ1) is 10.2. The molecule has 0 saturated carbocycles. The predicted molar refractivity (Wildman–Crippen MR) is 50.7 cm³/mol. The van der Waals surface area contributed by atoms with E-state index in [1.54, 1.807) is 31.5 Å². The number of nitrogens with one attached hydrogen (secondary N) is 1. The number of rotatable bonds is 4. The van der Waals surface area contributed by atoms with Crippen molar-refractivity contribution in [3.05, 3.63) is 30.1 Å². The molecule has 1 aromatic heterocycles. The lowest BCUT2D eigenvalue weighted by molar-refractivity contribution is -0.812. The zero-order chi connectivity index (χ0) is 10.4. The molecule has 1 N–H and O–H groups in total. The van der Waals surface area contributed by atoms with Gasteiger partial charge < -0.3 is 0 Å². The highest BCUT2D eigenvalue weighted by Crippen LogP contribution is 1.94. The van der Waals surface area contributed by atoms with Crippen LogP contribution in [0.25, 0.3) is 0 Å². The third-order valence-corrected chi connectivity index (χ3v) is 1.45. The summed E-state index contributed by atoms with van der Waals surface area (Å²) in [6.45, 7) is 5.70. The van der Waals surface area contributed by atoms with Crippen molar-refractivity contribution in [2.45, 2.75) is 6.92 Å². The van der Waals surface area contributed by atoms with Gasteiger partial charge in [-0.3, -0.25) is 9.78 Å². The smallest absolute Gasteiger partial charge is 0.265 e. The van der Waals surface area contributed by atoms with Crippen molar-refractivity contribution in [1.29, 1.82) is 0 Å². The molecule has 0 spiro atoms. The summed E-state index contributed by atoms with van der Waals surface area (Å²) in [5.74, 6) is -0.282. The Bertz CT molecular complexity index is 324. The molecule has 0 saturated heterocycles. The first-order chi connectivity index (χ1) is 6.74. The van der Waals surface area contributed by atoms with Crippen molar-refractivity contribution in [2.75, 3.05) is 6.61 Å². The number of aromatic nitrogens is 1. The fourth-order valence-electron chi connectivity index (χ4n) is 0.869. The second-order valence-electron chi connectivity index (χ2n) is 2.47. The fourth-order valence-corrected chi connectivity index (χ4v) is 0.869. The highest BCUT2D eigenvalue weighted by Gasteiger charge is 2.10. The molecular weight excluding hydrogens is 182 g/mol. The zero-order valence-corrected chi connectivity index (χ0v) is 7.93. The van der Waals surface area contributed by atoms with E-state index >= 15 is 0 Å². The lowest BCUT2D eigenvalue weighted by Gasteiger charge is -1.99. The van der Waals surface area contributed by atoms with E-state index < -0.39 is 0 Å². The van der Waals surface area contributed by atoms with Gasteiger partial charge in [0.15, 0.2) is 6.61 Å². The molecule has 1 aromatic rings. The van der Waals surface area contributed by atoms with E-state index in [0.29, 0.717) is 12.2 Å². The standard InChI is InChI=1S/C9H11N3O2/c1-3-14-12(2)11-9(13)8-4-6-10-7-5-8/h4-7H,2-3H2,1H3/p+1. The first-order valence-electron chi connectivity index (χ1n) is 4.18. The Hall–Kier alpha value is -1.91. The van der Waals surface area contributed by atoms with Crippen molar-refractivity contribution < 1.29 is 14.5 Å². The van der Waals surface area contributed by atoms with E-state index in [1.165, 1.54) is 0 Å². The number of hydrogen-bond acceptors (Lipinski definition) is 3. The second-order valence-corrected chi connectivity index (χ2v) is 2.47. The predicted octanol–water partition coefficient (Wildman–Crippen LogP) is 0.391. The molecule has 0 aliphatic carbocycles. The molecule has 1 heterocycles. The molecule has 1 rings (SSSR count). The van der Waals surface area contributed by atoms with E-state index in [4.69, 9.17) is 4.84 Å². The van der Waals surface area contributed by atoms with Gasteiger partial charge in [-0.25, -0.2) is 4.84 Å². The molecule has 0 unspecified atom stereocenters. The molecule has 0 bridgehead atoms. The van der Waals surface area contributed by atoms with Crippen LogP contribution in [0, 0.1) is 0 Å². The number of hydrogen-bond donors (Lipinski definition) is 1. The summed E-state index contributed by atoms with van der Waals surface area (Å²) in [5, 5.41) is 0. The first-order valence-corrected chi connectivity index (χ1v) is 4.18. The summed E-state index contributed by atoms with van der Waals surface area (Å²) in [6.07, 6.45) is 3.09. The zero-order valence-electron chi connectivity index (χ0n) is 7.93. The van der Waals surface area contributed by atoms with Gasteiger partial charge in [-0.2, -0.15) is 0 Å². The minimum absolute atomic E-state index is 0.282. The van der Waals surface area contributed by atoms with E-state index in [9.17, 15) is 4.79 Å². The van der Waals surface area contributed by atoms with Crippen LogP contribution in [0.1, 0.15) is 17.3 Å². The molecule has 0 aromatic carbocycles. The molecule has 5 nitrogen and oxygen atoms in total. The van der Waals surface area contributed by atoms with Crippen molar-refractivity contribution >= 4 is 12.6 Å². The minimum atomic E-state index is -0.282. The Balaban J connectivity index is 2.55. The maximum atomic E-state index is 11.4. The summed E-state index contributed by atoms with van der Waals surface area (Å²) in [4.78, 5) is 21.2. The van der Waals surface area contributed by atoms with E-state index in [-0.39, 0.29) is 5.91 Å². The maximum Gasteiger partial charge on any atom is 0.309 e. The molecule has 74 valence electrons. The van der Waals surface area contributed by atoms with Crippen LogP contribution < -0.4 is 5.43 Å². The van der Waals surface area contributed by atoms with Crippen molar-refractivity contribution in [3.63, 3.8) is 0 Å². The molecule has 0 aliphatic heterocycles. The van der Waals surface area contributed by atoms with E-state index in [1.807, 2.05) is 0 Å². The van der Waals surface area contributed by atoms with Gasteiger partial charge in [0.1, 0.15) is 0 Å². The van der Waals surface area contributed by atoms with Crippen LogP contribution in [0.3, 0.4) is 0 Å². The van der Waals surface area contributed by atoms with Gasteiger partial charge in [0.2, 0.25) is 6.72 Å². The Kier molecular flexibility index (Phi) is 3.60. The third-order valence-electron chi connectivity index (χ3n) is 1.45. The normalized spacial score (nSPS) is 9.21. The number of carbonyl (C=O) groups excluding carboxylic acids is 1. The molecule has 14 heavy (non-hydrogen) atoms.